The van der Waals surface area contributed by atoms with Gasteiger partial charge in [-0.2, -0.15) is 0 Å². The van der Waals surface area contributed by atoms with Crippen molar-refractivity contribution in [3.05, 3.63) is 35.4 Å². The molecule has 0 bridgehead atoms. The Morgan fingerprint density at radius 3 is 2.39 bits per heavy atom. The third-order valence-electron chi connectivity index (χ3n) is 4.30. The minimum atomic E-state index is -0.323. The minimum absolute atomic E-state index is 0.0774. The molecule has 1 atom stereocenters. The summed E-state index contributed by atoms with van der Waals surface area (Å²) in [5.41, 5.74) is 2.40. The maximum absolute atomic E-state index is 10.5. The van der Waals surface area contributed by atoms with Crippen LogP contribution in [-0.2, 0) is 11.2 Å². The number of methoxy groups -OCH3 is 1. The summed E-state index contributed by atoms with van der Waals surface area (Å²) < 4.78 is 5.07. The second-order valence-electron chi connectivity index (χ2n) is 5.75. The summed E-state index contributed by atoms with van der Waals surface area (Å²) in [6.45, 7) is 2.96. The van der Waals surface area contributed by atoms with Gasteiger partial charge in [0, 0.05) is 7.11 Å². The normalized spacial score (nSPS) is 19.9. The first-order valence-electron chi connectivity index (χ1n) is 6.91. The Hall–Kier alpha value is -0.860. The smallest absolute Gasteiger partial charge is 0.0843 e. The molecule has 0 radical (unpaired) electrons. The zero-order chi connectivity index (χ0) is 13.0. The maximum atomic E-state index is 10.5. The molecule has 1 unspecified atom stereocenters. The fraction of sp³-hybridized carbons (Fsp3) is 0.625. The van der Waals surface area contributed by atoms with Gasteiger partial charge in [-0.25, -0.2) is 0 Å². The van der Waals surface area contributed by atoms with Crippen LogP contribution in [0, 0.1) is 5.41 Å². The average molecular weight is 248 g/mol. The van der Waals surface area contributed by atoms with Crippen LogP contribution in [0.4, 0.5) is 0 Å². The molecule has 18 heavy (non-hydrogen) atoms. The predicted molar refractivity (Wildman–Crippen MR) is 73.6 cm³/mol. The SMILES string of the molecule is COCCc1ccc(C(O)C2(C)CCCC2)cc1. The molecule has 1 aliphatic rings. The molecule has 1 saturated carbocycles. The van der Waals surface area contributed by atoms with Crippen LogP contribution in [-0.4, -0.2) is 18.8 Å². The lowest BCUT2D eigenvalue weighted by molar-refractivity contribution is 0.0408. The molecule has 0 saturated heterocycles. The van der Waals surface area contributed by atoms with Gasteiger partial charge in [0.05, 0.1) is 12.7 Å². The van der Waals surface area contributed by atoms with Crippen LogP contribution in [0.1, 0.15) is 49.8 Å². The molecule has 1 N–H and O–H groups in total. The number of hydrogen-bond donors (Lipinski definition) is 1. The second kappa shape index (κ2) is 5.85. The van der Waals surface area contributed by atoms with Gasteiger partial charge in [-0.05, 0) is 35.8 Å². The number of aliphatic hydroxyl groups is 1. The van der Waals surface area contributed by atoms with Gasteiger partial charge in [-0.15, -0.1) is 0 Å². The summed E-state index contributed by atoms with van der Waals surface area (Å²) >= 11 is 0. The molecular formula is C16H24O2. The van der Waals surface area contributed by atoms with E-state index >= 15 is 0 Å². The molecule has 100 valence electrons. The molecule has 2 rings (SSSR count). The van der Waals surface area contributed by atoms with E-state index in [1.54, 1.807) is 7.11 Å². The van der Waals surface area contributed by atoms with E-state index in [2.05, 4.69) is 31.2 Å². The summed E-state index contributed by atoms with van der Waals surface area (Å²) in [6.07, 6.45) is 5.39. The van der Waals surface area contributed by atoms with E-state index in [0.29, 0.717) is 0 Å². The first-order chi connectivity index (χ1) is 8.65. The highest BCUT2D eigenvalue weighted by atomic mass is 16.5. The molecule has 0 aliphatic heterocycles. The van der Waals surface area contributed by atoms with E-state index in [0.717, 1.165) is 31.4 Å². The van der Waals surface area contributed by atoms with E-state index in [-0.39, 0.29) is 11.5 Å². The molecule has 1 fully saturated rings. The highest BCUT2D eigenvalue weighted by Gasteiger charge is 2.36. The van der Waals surface area contributed by atoms with Gasteiger partial charge in [0.25, 0.3) is 0 Å². The van der Waals surface area contributed by atoms with Crippen LogP contribution in [0.25, 0.3) is 0 Å². The van der Waals surface area contributed by atoms with Crippen molar-refractivity contribution in [2.24, 2.45) is 5.41 Å². The Balaban J connectivity index is 2.04. The highest BCUT2D eigenvalue weighted by molar-refractivity contribution is 5.25. The third kappa shape index (κ3) is 2.93. The lowest BCUT2D eigenvalue weighted by Gasteiger charge is -2.30. The zero-order valence-electron chi connectivity index (χ0n) is 11.5. The third-order valence-corrected chi connectivity index (χ3v) is 4.30. The van der Waals surface area contributed by atoms with Crippen LogP contribution >= 0.6 is 0 Å². The van der Waals surface area contributed by atoms with Crippen LogP contribution in [0.2, 0.25) is 0 Å². The Bertz CT molecular complexity index is 363. The summed E-state index contributed by atoms with van der Waals surface area (Å²) in [4.78, 5) is 0. The minimum Gasteiger partial charge on any atom is -0.388 e. The average Bonchev–Trinajstić information content (AvgIpc) is 2.84. The van der Waals surface area contributed by atoms with E-state index in [9.17, 15) is 5.11 Å². The summed E-state index contributed by atoms with van der Waals surface area (Å²) in [7, 11) is 1.72. The standard InChI is InChI=1S/C16H24O2/c1-16(10-3-4-11-16)15(17)14-7-5-13(6-8-14)9-12-18-2/h5-8,15,17H,3-4,9-12H2,1-2H3. The fourth-order valence-electron chi connectivity index (χ4n) is 2.94. The largest absolute Gasteiger partial charge is 0.388 e. The van der Waals surface area contributed by atoms with Crippen molar-refractivity contribution in [1.29, 1.82) is 0 Å². The van der Waals surface area contributed by atoms with Gasteiger partial charge in [0.2, 0.25) is 0 Å². The Labute approximate surface area is 110 Å². The first-order valence-corrected chi connectivity index (χ1v) is 6.91. The molecule has 1 aliphatic carbocycles. The second-order valence-corrected chi connectivity index (χ2v) is 5.75. The molecule has 0 spiro atoms. The zero-order valence-corrected chi connectivity index (χ0v) is 11.5. The van der Waals surface area contributed by atoms with E-state index in [1.807, 2.05) is 0 Å². The van der Waals surface area contributed by atoms with E-state index < -0.39 is 0 Å². The van der Waals surface area contributed by atoms with Gasteiger partial charge in [-0.3, -0.25) is 0 Å². The van der Waals surface area contributed by atoms with Crippen molar-refractivity contribution < 1.29 is 9.84 Å². The molecule has 0 aromatic heterocycles. The van der Waals surface area contributed by atoms with Crippen LogP contribution in [0.5, 0.6) is 0 Å². The van der Waals surface area contributed by atoms with Crippen molar-refractivity contribution in [3.8, 4) is 0 Å². The molecule has 2 heteroatoms. The van der Waals surface area contributed by atoms with Gasteiger partial charge in [0.15, 0.2) is 0 Å². The molecular weight excluding hydrogens is 224 g/mol. The van der Waals surface area contributed by atoms with E-state index in [4.69, 9.17) is 4.74 Å². The monoisotopic (exact) mass is 248 g/mol. The molecule has 1 aromatic carbocycles. The number of hydrogen-bond acceptors (Lipinski definition) is 2. The quantitative estimate of drug-likeness (QED) is 0.864. The van der Waals surface area contributed by atoms with E-state index in [1.165, 1.54) is 18.4 Å². The highest BCUT2D eigenvalue weighted by Crippen LogP contribution is 2.47. The fourth-order valence-corrected chi connectivity index (χ4v) is 2.94. The Kier molecular flexibility index (Phi) is 4.41. The first kappa shape index (κ1) is 13.6. The van der Waals surface area contributed by atoms with Gasteiger partial charge < -0.3 is 9.84 Å². The number of aliphatic hydroxyl groups excluding tert-OH is 1. The van der Waals surface area contributed by atoms with Crippen molar-refractivity contribution >= 4 is 0 Å². The van der Waals surface area contributed by atoms with Crippen LogP contribution in [0.3, 0.4) is 0 Å². The topological polar surface area (TPSA) is 29.5 Å². The van der Waals surface area contributed by atoms with Crippen molar-refractivity contribution in [1.82, 2.24) is 0 Å². The summed E-state index contributed by atoms with van der Waals surface area (Å²) in [5.74, 6) is 0. The molecule has 0 heterocycles. The summed E-state index contributed by atoms with van der Waals surface area (Å²) in [6, 6.07) is 8.35. The molecule has 0 amide bonds. The van der Waals surface area contributed by atoms with Crippen molar-refractivity contribution in [3.63, 3.8) is 0 Å². The Morgan fingerprint density at radius 1 is 1.22 bits per heavy atom. The number of ether oxygens (including phenoxy) is 1. The lowest BCUT2D eigenvalue weighted by Crippen LogP contribution is -2.21. The number of benzene rings is 1. The lowest BCUT2D eigenvalue weighted by atomic mass is 9.79. The van der Waals surface area contributed by atoms with Crippen molar-refractivity contribution in [2.45, 2.75) is 45.1 Å². The van der Waals surface area contributed by atoms with Crippen molar-refractivity contribution in [2.75, 3.05) is 13.7 Å². The van der Waals surface area contributed by atoms with Gasteiger partial charge in [0.1, 0.15) is 0 Å². The van der Waals surface area contributed by atoms with Crippen LogP contribution < -0.4 is 0 Å². The van der Waals surface area contributed by atoms with Gasteiger partial charge in [-0.1, -0.05) is 44.0 Å². The molecule has 2 nitrogen and oxygen atoms in total. The van der Waals surface area contributed by atoms with Crippen LogP contribution in [0.15, 0.2) is 24.3 Å². The Morgan fingerprint density at radius 2 is 1.83 bits per heavy atom. The molecule has 1 aromatic rings. The number of rotatable bonds is 5. The van der Waals surface area contributed by atoms with Gasteiger partial charge >= 0.3 is 0 Å². The maximum Gasteiger partial charge on any atom is 0.0843 e. The summed E-state index contributed by atoms with van der Waals surface area (Å²) in [5, 5.41) is 10.5. The predicted octanol–water partition coefficient (Wildman–Crippen LogP) is 3.49.